The van der Waals surface area contributed by atoms with Crippen molar-refractivity contribution in [3.05, 3.63) is 34.9 Å². The molecule has 3 N–H and O–H groups in total. The van der Waals surface area contributed by atoms with E-state index in [0.29, 0.717) is 12.3 Å². The van der Waals surface area contributed by atoms with E-state index < -0.39 is 0 Å². The van der Waals surface area contributed by atoms with E-state index in [2.05, 4.69) is 5.16 Å². The summed E-state index contributed by atoms with van der Waals surface area (Å²) in [5.41, 5.74) is 6.55. The van der Waals surface area contributed by atoms with Gasteiger partial charge in [0.25, 0.3) is 0 Å². The number of thioether (sulfide) groups is 1. The van der Waals surface area contributed by atoms with Gasteiger partial charge in [-0.3, -0.25) is 0 Å². The number of unbranched alkanes of at least 4 members (excludes halogenated alkanes) is 1. The maximum absolute atomic E-state index is 8.36. The molecule has 3 nitrogen and oxygen atoms in total. The lowest BCUT2D eigenvalue weighted by Gasteiger charge is -2.04. The van der Waals surface area contributed by atoms with Gasteiger partial charge < -0.3 is 10.9 Å². The largest absolute Gasteiger partial charge is 0.409 e. The van der Waals surface area contributed by atoms with E-state index >= 15 is 0 Å². The molecule has 0 aromatic heterocycles. The first-order chi connectivity index (χ1) is 8.24. The Kier molecular flexibility index (Phi) is 6.89. The highest BCUT2D eigenvalue weighted by atomic mass is 35.5. The number of rotatable bonds is 7. The van der Waals surface area contributed by atoms with Crippen LogP contribution < -0.4 is 5.73 Å². The number of hydrogen-bond donors (Lipinski definition) is 2. The summed E-state index contributed by atoms with van der Waals surface area (Å²) in [6, 6.07) is 7.90. The molecule has 94 valence electrons. The predicted molar refractivity (Wildman–Crippen MR) is 74.9 cm³/mol. The van der Waals surface area contributed by atoms with E-state index in [1.807, 2.05) is 36.0 Å². The molecule has 0 fully saturated rings. The molecule has 0 aliphatic heterocycles. The quantitative estimate of drug-likeness (QED) is 0.263. The predicted octanol–water partition coefficient (Wildman–Crippen LogP) is 3.49. The summed E-state index contributed by atoms with van der Waals surface area (Å²) in [6.07, 6.45) is 2.67. The Bertz CT molecular complexity index is 371. The van der Waals surface area contributed by atoms with Crippen LogP contribution in [0.3, 0.4) is 0 Å². The molecule has 0 radical (unpaired) electrons. The van der Waals surface area contributed by atoms with Crippen LogP contribution in [0.5, 0.6) is 0 Å². The Morgan fingerprint density at radius 1 is 1.35 bits per heavy atom. The van der Waals surface area contributed by atoms with Gasteiger partial charge in [-0.2, -0.15) is 11.8 Å². The molecule has 0 amide bonds. The maximum atomic E-state index is 8.36. The van der Waals surface area contributed by atoms with Gasteiger partial charge in [0.15, 0.2) is 0 Å². The lowest BCUT2D eigenvalue weighted by atomic mass is 10.2. The fourth-order valence-electron chi connectivity index (χ4n) is 1.36. The molecule has 17 heavy (non-hydrogen) atoms. The highest BCUT2D eigenvalue weighted by molar-refractivity contribution is 7.98. The van der Waals surface area contributed by atoms with E-state index in [-0.39, 0.29) is 0 Å². The Hall–Kier alpha value is -0.870. The monoisotopic (exact) mass is 272 g/mol. The van der Waals surface area contributed by atoms with E-state index in [1.54, 1.807) is 0 Å². The summed E-state index contributed by atoms with van der Waals surface area (Å²) in [4.78, 5) is 0. The van der Waals surface area contributed by atoms with Crippen molar-refractivity contribution in [3.63, 3.8) is 0 Å². The second-order valence-corrected chi connectivity index (χ2v) is 5.20. The van der Waals surface area contributed by atoms with E-state index in [9.17, 15) is 0 Å². The molecular weight excluding hydrogens is 256 g/mol. The van der Waals surface area contributed by atoms with Crippen LogP contribution in [0.1, 0.15) is 24.8 Å². The molecule has 0 heterocycles. The summed E-state index contributed by atoms with van der Waals surface area (Å²) in [7, 11) is 0. The minimum absolute atomic E-state index is 0.307. The van der Waals surface area contributed by atoms with Crippen LogP contribution in [0.15, 0.2) is 29.4 Å². The normalized spacial score (nSPS) is 11.7. The van der Waals surface area contributed by atoms with E-state index in [0.717, 1.165) is 29.4 Å². The first kappa shape index (κ1) is 14.2. The fraction of sp³-hybridized carbons (Fsp3) is 0.417. The van der Waals surface area contributed by atoms with Crippen LogP contribution in [0.2, 0.25) is 5.02 Å². The Balaban J connectivity index is 2.11. The van der Waals surface area contributed by atoms with Crippen LogP contribution in [0, 0.1) is 0 Å². The Morgan fingerprint density at radius 2 is 2.12 bits per heavy atom. The van der Waals surface area contributed by atoms with Crippen molar-refractivity contribution in [2.75, 3.05) is 5.75 Å². The Labute approximate surface area is 111 Å². The third-order valence-electron chi connectivity index (χ3n) is 2.32. The maximum Gasteiger partial charge on any atom is 0.139 e. The van der Waals surface area contributed by atoms with E-state index in [1.165, 1.54) is 5.56 Å². The van der Waals surface area contributed by atoms with E-state index in [4.69, 9.17) is 22.5 Å². The van der Waals surface area contributed by atoms with Gasteiger partial charge in [-0.15, -0.1) is 0 Å². The van der Waals surface area contributed by atoms with Crippen molar-refractivity contribution < 1.29 is 5.21 Å². The summed E-state index contributed by atoms with van der Waals surface area (Å²) in [6.45, 7) is 0. The van der Waals surface area contributed by atoms with Gasteiger partial charge in [0.2, 0.25) is 0 Å². The average Bonchev–Trinajstić information content (AvgIpc) is 2.35. The molecule has 1 aromatic rings. The van der Waals surface area contributed by atoms with Crippen molar-refractivity contribution in [1.29, 1.82) is 0 Å². The molecule has 0 spiro atoms. The van der Waals surface area contributed by atoms with Crippen molar-refractivity contribution in [2.45, 2.75) is 25.0 Å². The third kappa shape index (κ3) is 5.84. The second-order valence-electron chi connectivity index (χ2n) is 3.69. The molecule has 1 rings (SSSR count). The van der Waals surface area contributed by atoms with Gasteiger partial charge in [-0.25, -0.2) is 0 Å². The summed E-state index contributed by atoms with van der Waals surface area (Å²) < 4.78 is 0. The van der Waals surface area contributed by atoms with Crippen LogP contribution in [0.4, 0.5) is 0 Å². The summed E-state index contributed by atoms with van der Waals surface area (Å²) in [5, 5.41) is 12.1. The van der Waals surface area contributed by atoms with Crippen molar-refractivity contribution in [2.24, 2.45) is 10.9 Å². The standard InChI is InChI=1S/C12H17ClN2OS/c13-11-6-2-1-5-10(11)9-17-8-4-3-7-12(14)15-16/h1-2,5-6,16H,3-4,7-9H2,(H2,14,15). The van der Waals surface area contributed by atoms with Crippen LogP contribution in [0.25, 0.3) is 0 Å². The Morgan fingerprint density at radius 3 is 2.82 bits per heavy atom. The number of benzene rings is 1. The summed E-state index contributed by atoms with van der Waals surface area (Å²) >= 11 is 7.90. The molecule has 0 aliphatic rings. The average molecular weight is 273 g/mol. The molecule has 0 atom stereocenters. The lowest BCUT2D eigenvalue weighted by molar-refractivity contribution is 0.316. The van der Waals surface area contributed by atoms with Gasteiger partial charge >= 0.3 is 0 Å². The third-order valence-corrected chi connectivity index (χ3v) is 3.78. The van der Waals surface area contributed by atoms with Crippen LogP contribution in [-0.2, 0) is 5.75 Å². The molecule has 5 heteroatoms. The van der Waals surface area contributed by atoms with Crippen LogP contribution in [-0.4, -0.2) is 16.8 Å². The molecule has 1 aromatic carbocycles. The van der Waals surface area contributed by atoms with Gasteiger partial charge in [-0.1, -0.05) is 35.0 Å². The topological polar surface area (TPSA) is 58.6 Å². The molecule has 0 aliphatic carbocycles. The lowest BCUT2D eigenvalue weighted by Crippen LogP contribution is -2.10. The van der Waals surface area contributed by atoms with Gasteiger partial charge in [0.1, 0.15) is 5.84 Å². The SMILES string of the molecule is N/C(CCCCSCc1ccccc1Cl)=N/O. The second kappa shape index (κ2) is 8.25. The van der Waals surface area contributed by atoms with Crippen molar-refractivity contribution in [1.82, 2.24) is 0 Å². The number of hydrogen-bond acceptors (Lipinski definition) is 3. The molecule has 0 saturated carbocycles. The first-order valence-corrected chi connectivity index (χ1v) is 7.05. The minimum atomic E-state index is 0.307. The highest BCUT2D eigenvalue weighted by Crippen LogP contribution is 2.21. The van der Waals surface area contributed by atoms with Gasteiger partial charge in [-0.05, 0) is 30.2 Å². The number of amidine groups is 1. The zero-order chi connectivity index (χ0) is 12.5. The molecule has 0 saturated heterocycles. The zero-order valence-corrected chi connectivity index (χ0v) is 11.2. The number of nitrogens with zero attached hydrogens (tertiary/aromatic N) is 1. The van der Waals surface area contributed by atoms with Crippen molar-refractivity contribution in [3.8, 4) is 0 Å². The van der Waals surface area contributed by atoms with Crippen LogP contribution >= 0.6 is 23.4 Å². The minimum Gasteiger partial charge on any atom is -0.409 e. The number of oxime groups is 1. The van der Waals surface area contributed by atoms with Gasteiger partial charge in [0.05, 0.1) is 0 Å². The number of halogens is 1. The van der Waals surface area contributed by atoms with Gasteiger partial charge in [0, 0.05) is 17.2 Å². The molecule has 0 bridgehead atoms. The van der Waals surface area contributed by atoms with Crippen molar-refractivity contribution >= 4 is 29.2 Å². The smallest absolute Gasteiger partial charge is 0.139 e. The summed E-state index contributed by atoms with van der Waals surface area (Å²) in [5.74, 6) is 2.30. The fourth-order valence-corrected chi connectivity index (χ4v) is 2.66. The molecule has 0 unspecified atom stereocenters. The zero-order valence-electron chi connectivity index (χ0n) is 9.60. The number of nitrogens with two attached hydrogens (primary N) is 1. The highest BCUT2D eigenvalue weighted by Gasteiger charge is 1.99. The molecular formula is C12H17ClN2OS. The first-order valence-electron chi connectivity index (χ1n) is 5.51.